The second-order valence-electron chi connectivity index (χ2n) is 7.10. The first-order valence-corrected chi connectivity index (χ1v) is 13.0. The maximum Gasteiger partial charge on any atom is 0.335 e. The van der Waals surface area contributed by atoms with E-state index in [2.05, 4.69) is 10.3 Å². The van der Waals surface area contributed by atoms with E-state index in [1.807, 2.05) is 12.1 Å². The van der Waals surface area contributed by atoms with Gasteiger partial charge in [-0.3, -0.25) is 9.36 Å². The molecule has 0 saturated heterocycles. The molecule has 7 nitrogen and oxygen atoms in total. The Labute approximate surface area is 202 Å². The Balaban J connectivity index is 1.59. The molecule has 0 aliphatic rings. The van der Waals surface area contributed by atoms with Gasteiger partial charge in [-0.1, -0.05) is 35.9 Å². The van der Waals surface area contributed by atoms with Crippen LogP contribution in [-0.4, -0.2) is 24.1 Å². The topological polar surface area (TPSA) is 90.7 Å². The number of rotatable bonds is 11. The number of aromatic nitrogens is 1. The van der Waals surface area contributed by atoms with E-state index in [1.165, 1.54) is 0 Å². The standard InChI is InChI=1S/C23H25Cl2N2O5P/c1-3-30-33(29,31-4-2)15-16-5-11-19(12-6-16)26-21(28)14-13-20-22(27-23(25)32-20)17-7-9-18(24)10-8-17/h5-12H,3-4,13-15H2,1-2H3,(H,26,28). The molecule has 1 N–H and O–H groups in total. The second-order valence-corrected chi connectivity index (χ2v) is 9.91. The van der Waals surface area contributed by atoms with Crippen molar-refractivity contribution >= 4 is 42.4 Å². The molecule has 3 rings (SSSR count). The molecule has 10 heteroatoms. The first kappa shape index (κ1) is 25.5. The third-order valence-corrected chi connectivity index (χ3v) is 7.10. The van der Waals surface area contributed by atoms with Crippen LogP contribution in [0, 0.1) is 0 Å². The number of oxazole rings is 1. The summed E-state index contributed by atoms with van der Waals surface area (Å²) in [5, 5.41) is 3.47. The average molecular weight is 511 g/mol. The number of carbonyl (C=O) groups excluding carboxylic acids is 1. The van der Waals surface area contributed by atoms with Crippen LogP contribution in [-0.2, 0) is 31.0 Å². The molecule has 0 aliphatic heterocycles. The SMILES string of the molecule is CCOP(=O)(Cc1ccc(NC(=O)CCc2oc(Cl)nc2-c2ccc(Cl)cc2)cc1)OCC. The number of halogens is 2. The predicted molar refractivity (Wildman–Crippen MR) is 130 cm³/mol. The summed E-state index contributed by atoms with van der Waals surface area (Å²) in [4.78, 5) is 16.7. The van der Waals surface area contributed by atoms with Crippen LogP contribution in [0.4, 0.5) is 5.69 Å². The lowest BCUT2D eigenvalue weighted by Crippen LogP contribution is -2.12. The minimum atomic E-state index is -3.18. The van der Waals surface area contributed by atoms with Crippen LogP contribution < -0.4 is 5.32 Å². The number of benzene rings is 2. The molecule has 2 aromatic carbocycles. The highest BCUT2D eigenvalue weighted by Crippen LogP contribution is 2.51. The van der Waals surface area contributed by atoms with Crippen molar-refractivity contribution in [1.29, 1.82) is 0 Å². The summed E-state index contributed by atoms with van der Waals surface area (Å²) in [6.07, 6.45) is 0.674. The van der Waals surface area contributed by atoms with Crippen LogP contribution in [0.5, 0.6) is 0 Å². The summed E-state index contributed by atoms with van der Waals surface area (Å²) in [7, 11) is -3.18. The Bertz CT molecular complexity index is 1110. The van der Waals surface area contributed by atoms with Gasteiger partial charge in [-0.2, -0.15) is 4.98 Å². The zero-order valence-corrected chi connectivity index (χ0v) is 20.8. The van der Waals surface area contributed by atoms with E-state index in [9.17, 15) is 9.36 Å². The molecule has 0 bridgehead atoms. The third kappa shape index (κ3) is 7.42. The summed E-state index contributed by atoms with van der Waals surface area (Å²) in [5.74, 6) is 0.335. The molecule has 33 heavy (non-hydrogen) atoms. The normalized spacial score (nSPS) is 11.5. The monoisotopic (exact) mass is 510 g/mol. The summed E-state index contributed by atoms with van der Waals surface area (Å²) < 4.78 is 28.8. The maximum absolute atomic E-state index is 12.7. The minimum Gasteiger partial charge on any atom is -0.432 e. The molecule has 0 fully saturated rings. The van der Waals surface area contributed by atoms with Crippen LogP contribution >= 0.6 is 30.8 Å². The van der Waals surface area contributed by atoms with Crippen LogP contribution in [0.1, 0.15) is 31.6 Å². The van der Waals surface area contributed by atoms with Crippen molar-refractivity contribution < 1.29 is 22.8 Å². The Hall–Kier alpha value is -2.15. The highest BCUT2D eigenvalue weighted by Gasteiger charge is 2.24. The van der Waals surface area contributed by atoms with Crippen LogP contribution in [0.15, 0.2) is 52.9 Å². The Morgan fingerprint density at radius 2 is 1.67 bits per heavy atom. The summed E-state index contributed by atoms with van der Waals surface area (Å²) in [6.45, 7) is 4.16. The maximum atomic E-state index is 12.7. The van der Waals surface area contributed by atoms with Gasteiger partial charge in [0, 0.05) is 29.1 Å². The van der Waals surface area contributed by atoms with Crippen LogP contribution in [0.25, 0.3) is 11.3 Å². The van der Waals surface area contributed by atoms with Gasteiger partial charge in [-0.25, -0.2) is 0 Å². The van der Waals surface area contributed by atoms with Gasteiger partial charge in [0.25, 0.3) is 5.35 Å². The van der Waals surface area contributed by atoms with E-state index < -0.39 is 7.60 Å². The largest absolute Gasteiger partial charge is 0.432 e. The number of carbonyl (C=O) groups is 1. The zero-order chi connectivity index (χ0) is 23.8. The Morgan fingerprint density at radius 3 is 2.27 bits per heavy atom. The quantitative estimate of drug-likeness (QED) is 0.279. The number of anilines is 1. The van der Waals surface area contributed by atoms with E-state index in [-0.39, 0.29) is 23.8 Å². The molecule has 176 valence electrons. The lowest BCUT2D eigenvalue weighted by molar-refractivity contribution is -0.116. The molecule has 0 unspecified atom stereocenters. The number of hydrogen-bond acceptors (Lipinski definition) is 6. The molecular formula is C23H25Cl2N2O5P. The average Bonchev–Trinajstić information content (AvgIpc) is 3.15. The number of nitrogens with one attached hydrogen (secondary N) is 1. The number of amides is 1. The van der Waals surface area contributed by atoms with Crippen molar-refractivity contribution in [3.05, 3.63) is 70.2 Å². The van der Waals surface area contributed by atoms with Gasteiger partial charge in [-0.15, -0.1) is 0 Å². The summed E-state index contributed by atoms with van der Waals surface area (Å²) in [5.41, 5.74) is 2.81. The molecular weight excluding hydrogens is 486 g/mol. The van der Waals surface area contributed by atoms with Gasteiger partial charge in [0.1, 0.15) is 11.5 Å². The van der Waals surface area contributed by atoms with Gasteiger partial charge in [0.15, 0.2) is 0 Å². The van der Waals surface area contributed by atoms with E-state index in [0.717, 1.165) is 11.1 Å². The minimum absolute atomic E-state index is 0.0161. The zero-order valence-electron chi connectivity index (χ0n) is 18.3. The molecule has 0 aliphatic carbocycles. The highest BCUT2D eigenvalue weighted by molar-refractivity contribution is 7.53. The van der Waals surface area contributed by atoms with Crippen LogP contribution in [0.2, 0.25) is 10.4 Å². The smallest absolute Gasteiger partial charge is 0.335 e. The van der Waals surface area contributed by atoms with E-state index >= 15 is 0 Å². The molecule has 0 radical (unpaired) electrons. The van der Waals surface area contributed by atoms with Gasteiger partial charge in [0.2, 0.25) is 5.91 Å². The van der Waals surface area contributed by atoms with Crippen molar-refractivity contribution in [2.45, 2.75) is 32.9 Å². The van der Waals surface area contributed by atoms with Crippen molar-refractivity contribution in [2.75, 3.05) is 18.5 Å². The molecule has 0 spiro atoms. The Kier molecular flexibility index (Phi) is 9.12. The van der Waals surface area contributed by atoms with Crippen LogP contribution in [0.3, 0.4) is 0 Å². The van der Waals surface area contributed by atoms with Crippen molar-refractivity contribution in [3.63, 3.8) is 0 Å². The fourth-order valence-corrected chi connectivity index (χ4v) is 5.22. The van der Waals surface area contributed by atoms with Crippen molar-refractivity contribution in [2.24, 2.45) is 0 Å². The molecule has 1 aromatic heterocycles. The van der Waals surface area contributed by atoms with Gasteiger partial charge in [-0.05, 0) is 55.3 Å². The molecule has 0 atom stereocenters. The summed E-state index contributed by atoms with van der Waals surface area (Å²) in [6, 6.07) is 14.2. The van der Waals surface area contributed by atoms with E-state index in [0.29, 0.717) is 41.8 Å². The highest BCUT2D eigenvalue weighted by atomic mass is 35.5. The fraction of sp³-hybridized carbons (Fsp3) is 0.304. The lowest BCUT2D eigenvalue weighted by Gasteiger charge is -2.17. The number of aryl methyl sites for hydroxylation is 1. The first-order chi connectivity index (χ1) is 15.8. The summed E-state index contributed by atoms with van der Waals surface area (Å²) >= 11 is 11.9. The molecule has 1 amide bonds. The van der Waals surface area contributed by atoms with E-state index in [4.69, 9.17) is 36.7 Å². The number of nitrogens with zero attached hydrogens (tertiary/aromatic N) is 1. The Morgan fingerprint density at radius 1 is 1.03 bits per heavy atom. The molecule has 3 aromatic rings. The third-order valence-electron chi connectivity index (χ3n) is 4.63. The lowest BCUT2D eigenvalue weighted by atomic mass is 10.1. The van der Waals surface area contributed by atoms with Gasteiger partial charge in [0.05, 0.1) is 19.4 Å². The fourth-order valence-electron chi connectivity index (χ4n) is 3.22. The first-order valence-electron chi connectivity index (χ1n) is 10.5. The van der Waals surface area contributed by atoms with Crippen molar-refractivity contribution in [1.82, 2.24) is 4.98 Å². The van der Waals surface area contributed by atoms with Crippen molar-refractivity contribution in [3.8, 4) is 11.3 Å². The molecule has 1 heterocycles. The van der Waals surface area contributed by atoms with E-state index in [1.54, 1.807) is 50.2 Å². The predicted octanol–water partition coefficient (Wildman–Crippen LogP) is 6.99. The second kappa shape index (κ2) is 11.8. The van der Waals surface area contributed by atoms with Gasteiger partial charge >= 0.3 is 7.60 Å². The van der Waals surface area contributed by atoms with Gasteiger partial charge < -0.3 is 18.8 Å². The molecule has 0 saturated carbocycles. The number of hydrogen-bond donors (Lipinski definition) is 1.